The van der Waals surface area contributed by atoms with Gasteiger partial charge in [0.1, 0.15) is 5.75 Å². The molecule has 1 aliphatic rings. The Kier molecular flexibility index (Phi) is 3.61. The van der Waals surface area contributed by atoms with E-state index in [0.29, 0.717) is 0 Å². The number of anilines is 1. The molecule has 0 radical (unpaired) electrons. The van der Waals surface area contributed by atoms with Gasteiger partial charge in [0.2, 0.25) is 0 Å². The van der Waals surface area contributed by atoms with Crippen LogP contribution < -0.4 is 10.1 Å². The SMILES string of the molecule is COc1ccc(-c2ccc3c(c2)CCC(CO)N3)cc1. The summed E-state index contributed by atoms with van der Waals surface area (Å²) < 4.78 is 5.19. The standard InChI is InChI=1S/C17H19NO2/c1-20-16-7-3-12(4-8-16)13-5-9-17-14(10-13)2-6-15(11-19)18-17/h3-5,7-10,15,18-19H,2,6,11H2,1H3. The molecule has 1 heterocycles. The summed E-state index contributed by atoms with van der Waals surface area (Å²) in [6.45, 7) is 0.194. The van der Waals surface area contributed by atoms with Crippen LogP contribution in [0.15, 0.2) is 42.5 Å². The predicted molar refractivity (Wildman–Crippen MR) is 81.2 cm³/mol. The molecule has 104 valence electrons. The second kappa shape index (κ2) is 5.55. The van der Waals surface area contributed by atoms with Gasteiger partial charge in [0.25, 0.3) is 0 Å². The number of methoxy groups -OCH3 is 1. The van der Waals surface area contributed by atoms with Crippen LogP contribution >= 0.6 is 0 Å². The molecule has 1 atom stereocenters. The minimum Gasteiger partial charge on any atom is -0.497 e. The lowest BCUT2D eigenvalue weighted by Crippen LogP contribution is -2.28. The van der Waals surface area contributed by atoms with E-state index in [1.165, 1.54) is 16.7 Å². The van der Waals surface area contributed by atoms with Crippen LogP contribution in [0.25, 0.3) is 11.1 Å². The Hall–Kier alpha value is -2.00. The summed E-state index contributed by atoms with van der Waals surface area (Å²) in [6, 6.07) is 14.8. The number of aryl methyl sites for hydroxylation is 1. The van der Waals surface area contributed by atoms with Gasteiger partial charge >= 0.3 is 0 Å². The Bertz CT molecular complexity index is 592. The molecule has 0 bridgehead atoms. The van der Waals surface area contributed by atoms with Gasteiger partial charge in [-0.25, -0.2) is 0 Å². The van der Waals surface area contributed by atoms with Crippen LogP contribution in [0.2, 0.25) is 0 Å². The fraction of sp³-hybridized carbons (Fsp3) is 0.294. The quantitative estimate of drug-likeness (QED) is 0.899. The third kappa shape index (κ3) is 2.49. The van der Waals surface area contributed by atoms with Gasteiger partial charge in [0.05, 0.1) is 13.7 Å². The summed E-state index contributed by atoms with van der Waals surface area (Å²) in [4.78, 5) is 0. The highest BCUT2D eigenvalue weighted by atomic mass is 16.5. The molecule has 3 nitrogen and oxygen atoms in total. The molecule has 1 aliphatic heterocycles. The van der Waals surface area contributed by atoms with Crippen molar-refractivity contribution in [2.45, 2.75) is 18.9 Å². The summed E-state index contributed by atoms with van der Waals surface area (Å²) in [5.41, 5.74) is 4.88. The average molecular weight is 269 g/mol. The molecule has 1 unspecified atom stereocenters. The number of hydrogen-bond donors (Lipinski definition) is 2. The average Bonchev–Trinajstić information content (AvgIpc) is 2.54. The minimum atomic E-state index is 0.189. The summed E-state index contributed by atoms with van der Waals surface area (Å²) in [5.74, 6) is 0.874. The second-order valence-electron chi connectivity index (χ2n) is 5.16. The molecule has 0 amide bonds. The lowest BCUT2D eigenvalue weighted by Gasteiger charge is -2.26. The van der Waals surface area contributed by atoms with E-state index in [9.17, 15) is 5.11 Å². The first-order valence-electron chi connectivity index (χ1n) is 6.95. The maximum Gasteiger partial charge on any atom is 0.118 e. The Morgan fingerprint density at radius 1 is 1.15 bits per heavy atom. The van der Waals surface area contributed by atoms with Crippen LogP contribution in [0.3, 0.4) is 0 Å². The molecule has 0 aromatic heterocycles. The molecule has 0 saturated carbocycles. The third-order valence-electron chi connectivity index (χ3n) is 3.87. The van der Waals surface area contributed by atoms with Crippen molar-refractivity contribution in [3.63, 3.8) is 0 Å². The fourth-order valence-corrected chi connectivity index (χ4v) is 2.66. The molecule has 0 spiro atoms. The van der Waals surface area contributed by atoms with Crippen LogP contribution in [0, 0.1) is 0 Å². The zero-order chi connectivity index (χ0) is 13.9. The number of benzene rings is 2. The predicted octanol–water partition coefficient (Wildman–Crippen LogP) is 3.08. The molecule has 0 fully saturated rings. The summed E-state index contributed by atoms with van der Waals surface area (Å²) in [5, 5.41) is 12.6. The maximum atomic E-state index is 9.22. The van der Waals surface area contributed by atoms with Gasteiger partial charge in [0.15, 0.2) is 0 Å². The van der Waals surface area contributed by atoms with Gasteiger partial charge in [-0.05, 0) is 53.8 Å². The van der Waals surface area contributed by atoms with Crippen molar-refractivity contribution in [2.24, 2.45) is 0 Å². The molecule has 2 N–H and O–H groups in total. The van der Waals surface area contributed by atoms with Crippen molar-refractivity contribution >= 4 is 5.69 Å². The zero-order valence-corrected chi connectivity index (χ0v) is 11.6. The molecule has 0 aliphatic carbocycles. The first-order chi connectivity index (χ1) is 9.80. The molecule has 0 saturated heterocycles. The van der Waals surface area contributed by atoms with Gasteiger partial charge < -0.3 is 15.2 Å². The Balaban J connectivity index is 1.88. The van der Waals surface area contributed by atoms with E-state index in [1.807, 2.05) is 12.1 Å². The summed E-state index contributed by atoms with van der Waals surface area (Å²) in [6.07, 6.45) is 1.99. The second-order valence-corrected chi connectivity index (χ2v) is 5.16. The van der Waals surface area contributed by atoms with Crippen LogP contribution in [0.4, 0.5) is 5.69 Å². The molecule has 20 heavy (non-hydrogen) atoms. The highest BCUT2D eigenvalue weighted by Gasteiger charge is 2.17. The number of rotatable bonds is 3. The highest BCUT2D eigenvalue weighted by Crippen LogP contribution is 2.30. The van der Waals surface area contributed by atoms with Crippen LogP contribution in [-0.4, -0.2) is 24.9 Å². The number of hydrogen-bond acceptors (Lipinski definition) is 3. The molecule has 3 heteroatoms. The third-order valence-corrected chi connectivity index (χ3v) is 3.87. The van der Waals surface area contributed by atoms with Gasteiger partial charge in [-0.3, -0.25) is 0 Å². The van der Waals surface area contributed by atoms with E-state index in [4.69, 9.17) is 4.74 Å². The Morgan fingerprint density at radius 3 is 2.60 bits per heavy atom. The largest absolute Gasteiger partial charge is 0.497 e. The van der Waals surface area contributed by atoms with Gasteiger partial charge in [0, 0.05) is 11.7 Å². The number of fused-ring (bicyclic) bond motifs is 1. The van der Waals surface area contributed by atoms with Gasteiger partial charge in [-0.2, -0.15) is 0 Å². The van der Waals surface area contributed by atoms with Crippen molar-refractivity contribution < 1.29 is 9.84 Å². The first-order valence-corrected chi connectivity index (χ1v) is 6.95. The van der Waals surface area contributed by atoms with Crippen LogP contribution in [0.5, 0.6) is 5.75 Å². The normalized spacial score (nSPS) is 17.2. The summed E-state index contributed by atoms with van der Waals surface area (Å²) in [7, 11) is 1.68. The molecular weight excluding hydrogens is 250 g/mol. The number of aliphatic hydroxyl groups is 1. The van der Waals surface area contributed by atoms with E-state index in [1.54, 1.807) is 7.11 Å². The van der Waals surface area contributed by atoms with Crippen LogP contribution in [0.1, 0.15) is 12.0 Å². The first kappa shape index (κ1) is 13.0. The van der Waals surface area contributed by atoms with Crippen molar-refractivity contribution in [2.75, 3.05) is 19.0 Å². The van der Waals surface area contributed by atoms with E-state index >= 15 is 0 Å². The number of ether oxygens (including phenoxy) is 1. The molecule has 3 rings (SSSR count). The van der Waals surface area contributed by atoms with Crippen molar-refractivity contribution in [3.8, 4) is 16.9 Å². The summed E-state index contributed by atoms with van der Waals surface area (Å²) >= 11 is 0. The fourth-order valence-electron chi connectivity index (χ4n) is 2.66. The Labute approximate surface area is 119 Å². The number of nitrogens with one attached hydrogen (secondary N) is 1. The minimum absolute atomic E-state index is 0.189. The lowest BCUT2D eigenvalue weighted by molar-refractivity contribution is 0.267. The molecule has 2 aromatic rings. The van der Waals surface area contributed by atoms with Crippen molar-refractivity contribution in [1.29, 1.82) is 0 Å². The van der Waals surface area contributed by atoms with E-state index in [-0.39, 0.29) is 12.6 Å². The maximum absolute atomic E-state index is 9.22. The lowest BCUT2D eigenvalue weighted by atomic mass is 9.94. The number of aliphatic hydroxyl groups excluding tert-OH is 1. The Morgan fingerprint density at radius 2 is 1.90 bits per heavy atom. The van der Waals surface area contributed by atoms with Crippen molar-refractivity contribution in [3.05, 3.63) is 48.0 Å². The van der Waals surface area contributed by atoms with E-state index in [0.717, 1.165) is 24.3 Å². The van der Waals surface area contributed by atoms with Crippen molar-refractivity contribution in [1.82, 2.24) is 0 Å². The highest BCUT2D eigenvalue weighted by molar-refractivity contribution is 5.69. The van der Waals surface area contributed by atoms with Gasteiger partial charge in [-0.15, -0.1) is 0 Å². The smallest absolute Gasteiger partial charge is 0.118 e. The van der Waals surface area contributed by atoms with Crippen LogP contribution in [-0.2, 0) is 6.42 Å². The topological polar surface area (TPSA) is 41.5 Å². The van der Waals surface area contributed by atoms with E-state index < -0.39 is 0 Å². The van der Waals surface area contributed by atoms with Gasteiger partial charge in [-0.1, -0.05) is 18.2 Å². The van der Waals surface area contributed by atoms with E-state index in [2.05, 4.69) is 35.6 Å². The monoisotopic (exact) mass is 269 g/mol. The molecular formula is C17H19NO2. The molecule has 2 aromatic carbocycles. The zero-order valence-electron chi connectivity index (χ0n) is 11.6.